The largest absolute Gasteiger partial charge is 0.366 e. The third-order valence-corrected chi connectivity index (χ3v) is 3.08. The fraction of sp³-hybridized carbons (Fsp3) is 0.529. The monoisotopic (exact) mass is 305 g/mol. The van der Waals surface area contributed by atoms with E-state index < -0.39 is 5.91 Å². The molecule has 1 aromatic rings. The molecule has 0 spiro atoms. The van der Waals surface area contributed by atoms with Crippen molar-refractivity contribution in [2.24, 2.45) is 17.6 Å². The molecule has 5 heteroatoms. The highest BCUT2D eigenvalue weighted by molar-refractivity contribution is 6.03. The number of anilines is 1. The Hall–Kier alpha value is -1.88. The van der Waals surface area contributed by atoms with Gasteiger partial charge in [0, 0.05) is 13.1 Å². The summed E-state index contributed by atoms with van der Waals surface area (Å²) in [5.41, 5.74) is 6.12. The van der Waals surface area contributed by atoms with Crippen LogP contribution in [0, 0.1) is 11.8 Å². The summed E-state index contributed by atoms with van der Waals surface area (Å²) in [7, 11) is 0. The molecule has 0 saturated heterocycles. The molecule has 0 unspecified atom stereocenters. The minimum absolute atomic E-state index is 0.130. The lowest BCUT2D eigenvalue weighted by Crippen LogP contribution is -2.38. The second kappa shape index (κ2) is 8.54. The Kier molecular flexibility index (Phi) is 7.05. The van der Waals surface area contributed by atoms with Gasteiger partial charge in [0.1, 0.15) is 0 Å². The van der Waals surface area contributed by atoms with E-state index in [1.165, 1.54) is 0 Å². The molecular weight excluding hydrogens is 278 g/mol. The number of benzene rings is 1. The second-order valence-electron chi connectivity index (χ2n) is 6.44. The maximum Gasteiger partial charge on any atom is 0.250 e. The number of carbonyl (C=O) groups is 2. The van der Waals surface area contributed by atoms with Crippen LogP contribution in [0.3, 0.4) is 0 Å². The van der Waals surface area contributed by atoms with E-state index >= 15 is 0 Å². The van der Waals surface area contributed by atoms with Gasteiger partial charge < -0.3 is 11.1 Å². The molecule has 0 fully saturated rings. The number of amides is 2. The van der Waals surface area contributed by atoms with Gasteiger partial charge in [-0.1, -0.05) is 39.8 Å². The van der Waals surface area contributed by atoms with E-state index in [2.05, 4.69) is 37.9 Å². The van der Waals surface area contributed by atoms with E-state index in [9.17, 15) is 9.59 Å². The number of carbonyl (C=O) groups excluding carboxylic acids is 2. The lowest BCUT2D eigenvalue weighted by atomic mass is 10.1. The number of nitrogens with two attached hydrogens (primary N) is 1. The zero-order valence-corrected chi connectivity index (χ0v) is 13.9. The molecule has 0 atom stereocenters. The minimum Gasteiger partial charge on any atom is -0.366 e. The number of hydrogen-bond acceptors (Lipinski definition) is 3. The SMILES string of the molecule is CC(C)CN(CC(=O)Nc1ccccc1C(N)=O)CC(C)C. The third-order valence-electron chi connectivity index (χ3n) is 3.08. The zero-order chi connectivity index (χ0) is 16.7. The quantitative estimate of drug-likeness (QED) is 0.774. The predicted octanol–water partition coefficient (Wildman–Crippen LogP) is 2.34. The molecule has 122 valence electrons. The Morgan fingerprint density at radius 3 is 2.14 bits per heavy atom. The molecule has 1 aromatic carbocycles. The fourth-order valence-corrected chi connectivity index (χ4v) is 2.44. The van der Waals surface area contributed by atoms with Gasteiger partial charge in [-0.25, -0.2) is 0 Å². The van der Waals surface area contributed by atoms with Crippen molar-refractivity contribution in [1.82, 2.24) is 4.90 Å². The lowest BCUT2D eigenvalue weighted by Gasteiger charge is -2.25. The van der Waals surface area contributed by atoms with Crippen LogP contribution in [0.15, 0.2) is 24.3 Å². The number of nitrogens with zero attached hydrogens (tertiary/aromatic N) is 1. The smallest absolute Gasteiger partial charge is 0.250 e. The predicted molar refractivity (Wildman–Crippen MR) is 89.7 cm³/mol. The van der Waals surface area contributed by atoms with Gasteiger partial charge in [0.05, 0.1) is 17.8 Å². The molecule has 0 aliphatic carbocycles. The Bertz CT molecular complexity index is 502. The number of primary amides is 1. The molecule has 1 rings (SSSR count). The average Bonchev–Trinajstić information content (AvgIpc) is 2.36. The first kappa shape index (κ1) is 18.2. The topological polar surface area (TPSA) is 75.4 Å². The van der Waals surface area contributed by atoms with Crippen LogP contribution in [-0.4, -0.2) is 36.3 Å². The highest BCUT2D eigenvalue weighted by Crippen LogP contribution is 2.14. The number of nitrogens with one attached hydrogen (secondary N) is 1. The van der Waals surface area contributed by atoms with Crippen molar-refractivity contribution >= 4 is 17.5 Å². The summed E-state index contributed by atoms with van der Waals surface area (Å²) in [6, 6.07) is 6.78. The molecule has 0 aromatic heterocycles. The van der Waals surface area contributed by atoms with Crippen molar-refractivity contribution in [3.63, 3.8) is 0 Å². The van der Waals surface area contributed by atoms with Crippen LogP contribution < -0.4 is 11.1 Å². The number of rotatable bonds is 8. The zero-order valence-electron chi connectivity index (χ0n) is 13.9. The van der Waals surface area contributed by atoms with Crippen molar-refractivity contribution in [3.05, 3.63) is 29.8 Å². The van der Waals surface area contributed by atoms with Gasteiger partial charge >= 0.3 is 0 Å². The molecule has 0 radical (unpaired) electrons. The molecule has 2 amide bonds. The molecular formula is C17H27N3O2. The minimum atomic E-state index is -0.544. The molecule has 5 nitrogen and oxygen atoms in total. The van der Waals surface area contributed by atoms with Gasteiger partial charge in [-0.15, -0.1) is 0 Å². The van der Waals surface area contributed by atoms with Crippen LogP contribution in [0.1, 0.15) is 38.1 Å². The fourth-order valence-electron chi connectivity index (χ4n) is 2.44. The van der Waals surface area contributed by atoms with E-state index in [0.717, 1.165) is 13.1 Å². The Labute approximate surface area is 132 Å². The van der Waals surface area contributed by atoms with Crippen LogP contribution >= 0.6 is 0 Å². The normalized spacial score (nSPS) is 11.2. The average molecular weight is 305 g/mol. The van der Waals surface area contributed by atoms with Gasteiger partial charge in [0.25, 0.3) is 5.91 Å². The summed E-state index contributed by atoms with van der Waals surface area (Å²) in [6.45, 7) is 10.6. The van der Waals surface area contributed by atoms with Crippen molar-refractivity contribution in [1.29, 1.82) is 0 Å². The van der Waals surface area contributed by atoms with Gasteiger partial charge in [-0.2, -0.15) is 0 Å². The molecule has 0 bridgehead atoms. The molecule has 0 saturated carbocycles. The standard InChI is InChI=1S/C17H27N3O2/c1-12(2)9-20(10-13(3)4)11-16(21)19-15-8-6-5-7-14(15)17(18)22/h5-8,12-13H,9-11H2,1-4H3,(H2,18,22)(H,19,21). The first-order chi connectivity index (χ1) is 10.3. The first-order valence-electron chi connectivity index (χ1n) is 7.70. The maximum atomic E-state index is 12.3. The maximum absolute atomic E-state index is 12.3. The highest BCUT2D eigenvalue weighted by Gasteiger charge is 2.15. The van der Waals surface area contributed by atoms with Crippen LogP contribution in [-0.2, 0) is 4.79 Å². The highest BCUT2D eigenvalue weighted by atomic mass is 16.2. The molecule has 3 N–H and O–H groups in total. The lowest BCUT2D eigenvalue weighted by molar-refractivity contribution is -0.117. The van der Waals surface area contributed by atoms with E-state index in [0.29, 0.717) is 29.6 Å². The summed E-state index contributed by atoms with van der Waals surface area (Å²) in [5.74, 6) is 0.307. The summed E-state index contributed by atoms with van der Waals surface area (Å²) < 4.78 is 0. The van der Waals surface area contributed by atoms with E-state index in [4.69, 9.17) is 5.73 Å². The van der Waals surface area contributed by atoms with Gasteiger partial charge in [-0.3, -0.25) is 14.5 Å². The van der Waals surface area contributed by atoms with Crippen molar-refractivity contribution < 1.29 is 9.59 Å². The number of hydrogen-bond donors (Lipinski definition) is 2. The summed E-state index contributed by atoms with van der Waals surface area (Å²) in [6.07, 6.45) is 0. The number of para-hydroxylation sites is 1. The van der Waals surface area contributed by atoms with Gasteiger partial charge in [0.2, 0.25) is 5.91 Å². The first-order valence-corrected chi connectivity index (χ1v) is 7.70. The van der Waals surface area contributed by atoms with Crippen molar-refractivity contribution in [3.8, 4) is 0 Å². The molecule has 22 heavy (non-hydrogen) atoms. The molecule has 0 heterocycles. The Morgan fingerprint density at radius 1 is 1.09 bits per heavy atom. The van der Waals surface area contributed by atoms with Gasteiger partial charge in [-0.05, 0) is 24.0 Å². The van der Waals surface area contributed by atoms with Gasteiger partial charge in [0.15, 0.2) is 0 Å². The molecule has 0 aliphatic rings. The second-order valence-corrected chi connectivity index (χ2v) is 6.44. The summed E-state index contributed by atoms with van der Waals surface area (Å²) in [5, 5.41) is 2.79. The van der Waals surface area contributed by atoms with Crippen LogP contribution in [0.5, 0.6) is 0 Å². The van der Waals surface area contributed by atoms with E-state index in [-0.39, 0.29) is 5.91 Å². The third kappa shape index (κ3) is 6.26. The molecule has 0 aliphatic heterocycles. The van der Waals surface area contributed by atoms with E-state index in [1.54, 1.807) is 24.3 Å². The van der Waals surface area contributed by atoms with E-state index in [1.807, 2.05) is 0 Å². The summed E-state index contributed by atoms with van der Waals surface area (Å²) in [4.78, 5) is 25.8. The Balaban J connectivity index is 2.73. The van der Waals surface area contributed by atoms with Crippen LogP contribution in [0.2, 0.25) is 0 Å². The van der Waals surface area contributed by atoms with Crippen LogP contribution in [0.25, 0.3) is 0 Å². The van der Waals surface area contributed by atoms with Crippen molar-refractivity contribution in [2.75, 3.05) is 25.0 Å². The summed E-state index contributed by atoms with van der Waals surface area (Å²) >= 11 is 0. The van der Waals surface area contributed by atoms with Crippen LogP contribution in [0.4, 0.5) is 5.69 Å². The Morgan fingerprint density at radius 2 is 1.64 bits per heavy atom. The van der Waals surface area contributed by atoms with Crippen molar-refractivity contribution in [2.45, 2.75) is 27.7 Å².